The van der Waals surface area contributed by atoms with Crippen molar-refractivity contribution in [2.75, 3.05) is 13.2 Å². The average Bonchev–Trinajstić information content (AvgIpc) is 3.17. The van der Waals surface area contributed by atoms with Crippen LogP contribution < -0.4 is 5.32 Å². The molecule has 4 nitrogen and oxygen atoms in total. The molecular formula is C17H23N3O. The van der Waals surface area contributed by atoms with Crippen LogP contribution in [0.2, 0.25) is 0 Å². The molecule has 3 atom stereocenters. The first-order valence-corrected chi connectivity index (χ1v) is 7.70. The van der Waals surface area contributed by atoms with Crippen LogP contribution in [0.15, 0.2) is 48.8 Å². The predicted octanol–water partition coefficient (Wildman–Crippen LogP) is 2.64. The van der Waals surface area contributed by atoms with Crippen LogP contribution in [0.4, 0.5) is 0 Å². The minimum absolute atomic E-state index is 0.232. The van der Waals surface area contributed by atoms with Crippen LogP contribution in [0.3, 0.4) is 0 Å². The fourth-order valence-electron chi connectivity index (χ4n) is 2.96. The molecule has 1 fully saturated rings. The van der Waals surface area contributed by atoms with Crippen molar-refractivity contribution >= 4 is 0 Å². The largest absolute Gasteiger partial charge is 0.373 e. The van der Waals surface area contributed by atoms with E-state index in [1.807, 2.05) is 23.1 Å². The molecule has 1 aliphatic rings. The van der Waals surface area contributed by atoms with Gasteiger partial charge in [-0.1, -0.05) is 30.3 Å². The Morgan fingerprint density at radius 2 is 2.19 bits per heavy atom. The molecule has 0 saturated carbocycles. The monoisotopic (exact) mass is 285 g/mol. The topological polar surface area (TPSA) is 39.1 Å². The standard InChI is InChI=1S/C17H23N3O/c1-14(13-20-10-5-9-19-20)18-12-16-8-11-21-17(16)15-6-3-2-4-7-15/h2-7,9-10,14,16-18H,8,11-13H2,1H3/t14?,16-,17-/m1/s1. The summed E-state index contributed by atoms with van der Waals surface area (Å²) in [4.78, 5) is 0. The number of rotatable bonds is 6. The number of ether oxygens (including phenoxy) is 1. The molecule has 112 valence electrons. The average molecular weight is 285 g/mol. The van der Waals surface area contributed by atoms with Gasteiger partial charge in [-0.3, -0.25) is 4.68 Å². The lowest BCUT2D eigenvalue weighted by Crippen LogP contribution is -2.35. The summed E-state index contributed by atoms with van der Waals surface area (Å²) in [6, 6.07) is 12.9. The number of hydrogen-bond donors (Lipinski definition) is 1. The second kappa shape index (κ2) is 6.87. The summed E-state index contributed by atoms with van der Waals surface area (Å²) in [7, 11) is 0. The Morgan fingerprint density at radius 1 is 1.33 bits per heavy atom. The molecule has 4 heteroatoms. The van der Waals surface area contributed by atoms with E-state index in [4.69, 9.17) is 4.74 Å². The zero-order valence-corrected chi connectivity index (χ0v) is 12.5. The van der Waals surface area contributed by atoms with Crippen molar-refractivity contribution in [3.63, 3.8) is 0 Å². The zero-order chi connectivity index (χ0) is 14.5. The van der Waals surface area contributed by atoms with Crippen molar-refractivity contribution in [3.8, 4) is 0 Å². The van der Waals surface area contributed by atoms with Crippen molar-refractivity contribution in [2.45, 2.75) is 32.0 Å². The Kier molecular flexibility index (Phi) is 4.68. The van der Waals surface area contributed by atoms with Crippen LogP contribution in [-0.2, 0) is 11.3 Å². The van der Waals surface area contributed by atoms with Crippen LogP contribution >= 0.6 is 0 Å². The molecular weight excluding hydrogens is 262 g/mol. The minimum atomic E-state index is 0.232. The third-order valence-electron chi connectivity index (χ3n) is 4.09. The first-order valence-electron chi connectivity index (χ1n) is 7.70. The van der Waals surface area contributed by atoms with Crippen molar-refractivity contribution in [1.29, 1.82) is 0 Å². The molecule has 0 radical (unpaired) electrons. The molecule has 0 bridgehead atoms. The fourth-order valence-corrected chi connectivity index (χ4v) is 2.96. The molecule has 0 spiro atoms. The van der Waals surface area contributed by atoms with Gasteiger partial charge in [0.15, 0.2) is 0 Å². The SMILES string of the molecule is CC(Cn1cccn1)NC[C@H]1CCO[C@@H]1c1ccccc1. The number of aromatic nitrogens is 2. The first kappa shape index (κ1) is 14.3. The smallest absolute Gasteiger partial charge is 0.0866 e. The summed E-state index contributed by atoms with van der Waals surface area (Å²) in [6.45, 7) is 4.95. The maximum absolute atomic E-state index is 5.93. The molecule has 1 saturated heterocycles. The molecule has 2 aromatic rings. The van der Waals surface area contributed by atoms with Gasteiger partial charge >= 0.3 is 0 Å². The molecule has 1 aliphatic heterocycles. The van der Waals surface area contributed by atoms with E-state index in [0.29, 0.717) is 12.0 Å². The lowest BCUT2D eigenvalue weighted by atomic mass is 9.95. The molecule has 21 heavy (non-hydrogen) atoms. The molecule has 1 aromatic carbocycles. The van der Waals surface area contributed by atoms with Crippen molar-refractivity contribution < 1.29 is 4.74 Å². The lowest BCUT2D eigenvalue weighted by Gasteiger charge is -2.22. The molecule has 0 aliphatic carbocycles. The highest BCUT2D eigenvalue weighted by atomic mass is 16.5. The lowest BCUT2D eigenvalue weighted by molar-refractivity contribution is 0.0897. The normalized spacial score (nSPS) is 23.3. The Hall–Kier alpha value is -1.65. The number of hydrogen-bond acceptors (Lipinski definition) is 3. The highest BCUT2D eigenvalue weighted by molar-refractivity contribution is 5.19. The Bertz CT molecular complexity index is 526. The Balaban J connectivity index is 1.52. The highest BCUT2D eigenvalue weighted by Gasteiger charge is 2.29. The predicted molar refractivity (Wildman–Crippen MR) is 82.9 cm³/mol. The van der Waals surface area contributed by atoms with E-state index in [2.05, 4.69) is 47.7 Å². The molecule has 2 heterocycles. The first-order chi connectivity index (χ1) is 10.3. The number of nitrogens with zero attached hydrogens (tertiary/aromatic N) is 2. The van der Waals surface area contributed by atoms with E-state index in [-0.39, 0.29) is 6.10 Å². The van der Waals surface area contributed by atoms with Gasteiger partial charge in [0, 0.05) is 37.5 Å². The van der Waals surface area contributed by atoms with E-state index >= 15 is 0 Å². The van der Waals surface area contributed by atoms with Gasteiger partial charge < -0.3 is 10.1 Å². The summed E-state index contributed by atoms with van der Waals surface area (Å²) in [6.07, 6.45) is 5.18. The summed E-state index contributed by atoms with van der Waals surface area (Å²) < 4.78 is 7.90. The van der Waals surface area contributed by atoms with E-state index < -0.39 is 0 Å². The summed E-state index contributed by atoms with van der Waals surface area (Å²) in [5.41, 5.74) is 1.29. The van der Waals surface area contributed by atoms with Gasteiger partial charge in [-0.2, -0.15) is 5.10 Å². The number of nitrogens with one attached hydrogen (secondary N) is 1. The van der Waals surface area contributed by atoms with Crippen molar-refractivity contribution in [3.05, 3.63) is 54.4 Å². The highest BCUT2D eigenvalue weighted by Crippen LogP contribution is 2.33. The van der Waals surface area contributed by atoms with E-state index in [1.54, 1.807) is 0 Å². The number of benzene rings is 1. The summed E-state index contributed by atoms with van der Waals surface area (Å²) >= 11 is 0. The zero-order valence-electron chi connectivity index (χ0n) is 12.5. The van der Waals surface area contributed by atoms with Gasteiger partial charge in [-0.25, -0.2) is 0 Å². The summed E-state index contributed by atoms with van der Waals surface area (Å²) in [5, 5.41) is 7.87. The van der Waals surface area contributed by atoms with E-state index in [9.17, 15) is 0 Å². The third-order valence-corrected chi connectivity index (χ3v) is 4.09. The molecule has 1 N–H and O–H groups in total. The maximum atomic E-state index is 5.93. The molecule has 1 unspecified atom stereocenters. The fraction of sp³-hybridized carbons (Fsp3) is 0.471. The summed E-state index contributed by atoms with van der Waals surface area (Å²) in [5.74, 6) is 0.549. The van der Waals surface area contributed by atoms with Gasteiger partial charge in [0.1, 0.15) is 0 Å². The maximum Gasteiger partial charge on any atom is 0.0866 e. The van der Waals surface area contributed by atoms with Crippen LogP contribution in [0.1, 0.15) is 25.0 Å². The van der Waals surface area contributed by atoms with Gasteiger partial charge in [-0.15, -0.1) is 0 Å². The van der Waals surface area contributed by atoms with Crippen LogP contribution in [-0.4, -0.2) is 29.0 Å². The third kappa shape index (κ3) is 3.71. The van der Waals surface area contributed by atoms with Crippen LogP contribution in [0.5, 0.6) is 0 Å². The van der Waals surface area contributed by atoms with Crippen molar-refractivity contribution in [2.24, 2.45) is 5.92 Å². The van der Waals surface area contributed by atoms with Gasteiger partial charge in [-0.05, 0) is 25.0 Å². The Morgan fingerprint density at radius 3 is 2.95 bits per heavy atom. The molecule has 0 amide bonds. The molecule has 3 rings (SSSR count). The second-order valence-corrected chi connectivity index (χ2v) is 5.79. The van der Waals surface area contributed by atoms with Crippen molar-refractivity contribution in [1.82, 2.24) is 15.1 Å². The van der Waals surface area contributed by atoms with Gasteiger partial charge in [0.2, 0.25) is 0 Å². The second-order valence-electron chi connectivity index (χ2n) is 5.79. The minimum Gasteiger partial charge on any atom is -0.373 e. The Labute approximate surface area is 126 Å². The van der Waals surface area contributed by atoms with Gasteiger partial charge in [0.25, 0.3) is 0 Å². The van der Waals surface area contributed by atoms with Crippen LogP contribution in [0, 0.1) is 5.92 Å². The van der Waals surface area contributed by atoms with E-state index in [1.165, 1.54) is 5.56 Å². The molecule has 1 aromatic heterocycles. The van der Waals surface area contributed by atoms with Crippen LogP contribution in [0.25, 0.3) is 0 Å². The van der Waals surface area contributed by atoms with E-state index in [0.717, 1.165) is 26.1 Å². The van der Waals surface area contributed by atoms with Gasteiger partial charge in [0.05, 0.1) is 12.6 Å². The quantitative estimate of drug-likeness (QED) is 0.887.